The van der Waals surface area contributed by atoms with Crippen molar-refractivity contribution in [2.75, 3.05) is 31.2 Å². The Bertz CT molecular complexity index is 535. The SMILES string of the molecule is CCN(CC)C(=O)C(C)CSCCOC(=O)c1cc(C)cc(C)c1. The van der Waals surface area contributed by atoms with Crippen molar-refractivity contribution < 1.29 is 14.3 Å². The third kappa shape index (κ3) is 6.56. The fourth-order valence-corrected chi connectivity index (χ4v) is 3.41. The molecule has 0 fully saturated rings. The minimum atomic E-state index is -0.283. The van der Waals surface area contributed by atoms with Gasteiger partial charge in [0.25, 0.3) is 0 Å². The predicted molar refractivity (Wildman–Crippen MR) is 101 cm³/mol. The molecule has 134 valence electrons. The summed E-state index contributed by atoms with van der Waals surface area (Å²) in [5.74, 6) is 1.35. The summed E-state index contributed by atoms with van der Waals surface area (Å²) in [6, 6.07) is 5.71. The zero-order valence-electron chi connectivity index (χ0n) is 15.4. The van der Waals surface area contributed by atoms with Crippen LogP contribution < -0.4 is 0 Å². The highest BCUT2D eigenvalue weighted by Gasteiger charge is 2.17. The van der Waals surface area contributed by atoms with Crippen molar-refractivity contribution in [3.8, 4) is 0 Å². The molecule has 0 N–H and O–H groups in total. The quantitative estimate of drug-likeness (QED) is 0.503. The molecule has 0 bridgehead atoms. The molecule has 0 radical (unpaired) electrons. The van der Waals surface area contributed by atoms with Crippen molar-refractivity contribution in [1.82, 2.24) is 4.90 Å². The summed E-state index contributed by atoms with van der Waals surface area (Å²) in [4.78, 5) is 26.0. The highest BCUT2D eigenvalue weighted by Crippen LogP contribution is 2.13. The van der Waals surface area contributed by atoms with Crippen molar-refractivity contribution in [3.05, 3.63) is 34.9 Å². The molecule has 0 spiro atoms. The molecule has 0 aliphatic rings. The Labute approximate surface area is 149 Å². The van der Waals surface area contributed by atoms with Crippen LogP contribution in [0.3, 0.4) is 0 Å². The first-order valence-electron chi connectivity index (χ1n) is 8.50. The Balaban J connectivity index is 2.31. The summed E-state index contributed by atoms with van der Waals surface area (Å²) in [6.45, 7) is 11.7. The molecule has 0 aliphatic carbocycles. The van der Waals surface area contributed by atoms with Crippen LogP contribution in [0.5, 0.6) is 0 Å². The van der Waals surface area contributed by atoms with Gasteiger partial charge in [-0.05, 0) is 39.8 Å². The summed E-state index contributed by atoms with van der Waals surface area (Å²) >= 11 is 1.65. The number of carbonyl (C=O) groups excluding carboxylic acids is 2. The first-order chi connectivity index (χ1) is 11.4. The summed E-state index contributed by atoms with van der Waals surface area (Å²) in [5, 5.41) is 0. The third-order valence-corrected chi connectivity index (χ3v) is 4.97. The molecule has 1 atom stereocenters. The van der Waals surface area contributed by atoms with E-state index in [0.29, 0.717) is 17.9 Å². The van der Waals surface area contributed by atoms with Crippen LogP contribution in [-0.2, 0) is 9.53 Å². The summed E-state index contributed by atoms with van der Waals surface area (Å²) in [7, 11) is 0. The van der Waals surface area contributed by atoms with Crippen LogP contribution in [0, 0.1) is 19.8 Å². The van der Waals surface area contributed by atoms with Gasteiger partial charge in [0.1, 0.15) is 6.61 Å². The average Bonchev–Trinajstić information content (AvgIpc) is 2.54. The molecule has 24 heavy (non-hydrogen) atoms. The number of esters is 1. The second-order valence-corrected chi connectivity index (χ2v) is 7.15. The van der Waals surface area contributed by atoms with Crippen molar-refractivity contribution in [2.45, 2.75) is 34.6 Å². The molecule has 0 saturated heterocycles. The molecule has 1 amide bonds. The van der Waals surface area contributed by atoms with Gasteiger partial charge in [-0.25, -0.2) is 4.79 Å². The van der Waals surface area contributed by atoms with Crippen molar-refractivity contribution in [2.24, 2.45) is 5.92 Å². The summed E-state index contributed by atoms with van der Waals surface area (Å²) < 4.78 is 5.32. The predicted octanol–water partition coefficient (Wildman–Crippen LogP) is 3.70. The van der Waals surface area contributed by atoms with Crippen LogP contribution in [0.15, 0.2) is 18.2 Å². The number of carbonyl (C=O) groups is 2. The van der Waals surface area contributed by atoms with Crippen LogP contribution in [0.2, 0.25) is 0 Å². The van der Waals surface area contributed by atoms with Crippen LogP contribution in [-0.4, -0.2) is 48.0 Å². The molecule has 5 heteroatoms. The van der Waals surface area contributed by atoms with E-state index in [2.05, 4.69) is 0 Å². The van der Waals surface area contributed by atoms with Gasteiger partial charge in [-0.15, -0.1) is 0 Å². The Morgan fingerprint density at radius 1 is 1.12 bits per heavy atom. The second kappa shape index (κ2) is 10.4. The fraction of sp³-hybridized carbons (Fsp3) is 0.579. The first-order valence-corrected chi connectivity index (χ1v) is 9.66. The smallest absolute Gasteiger partial charge is 0.338 e. The standard InChI is InChI=1S/C19H29NO3S/c1-6-20(7-2)18(21)16(5)13-24-9-8-23-19(22)17-11-14(3)10-15(4)12-17/h10-12,16H,6-9,13H2,1-5H3. The third-order valence-electron chi connectivity index (χ3n) is 3.78. The zero-order chi connectivity index (χ0) is 18.1. The molecule has 1 rings (SSSR count). The van der Waals surface area contributed by atoms with Crippen molar-refractivity contribution >= 4 is 23.6 Å². The lowest BCUT2D eigenvalue weighted by Crippen LogP contribution is -2.35. The molecular weight excluding hydrogens is 322 g/mol. The number of thioether (sulfide) groups is 1. The number of amides is 1. The van der Waals surface area contributed by atoms with Gasteiger partial charge in [0.2, 0.25) is 5.91 Å². The largest absolute Gasteiger partial charge is 0.461 e. The van der Waals surface area contributed by atoms with Crippen LogP contribution in [0.25, 0.3) is 0 Å². The summed E-state index contributed by atoms with van der Waals surface area (Å²) in [5.41, 5.74) is 2.71. The van der Waals surface area contributed by atoms with E-state index in [1.165, 1.54) is 0 Å². The topological polar surface area (TPSA) is 46.6 Å². The molecule has 1 aromatic rings. The lowest BCUT2D eigenvalue weighted by Gasteiger charge is -2.22. The molecule has 1 aromatic carbocycles. The van der Waals surface area contributed by atoms with E-state index >= 15 is 0 Å². The molecular formula is C19H29NO3S. The van der Waals surface area contributed by atoms with E-state index in [4.69, 9.17) is 4.74 Å². The molecule has 0 aliphatic heterocycles. The van der Waals surface area contributed by atoms with E-state index in [-0.39, 0.29) is 17.8 Å². The van der Waals surface area contributed by atoms with E-state index in [9.17, 15) is 9.59 Å². The molecule has 1 unspecified atom stereocenters. The first kappa shape index (κ1) is 20.6. The van der Waals surface area contributed by atoms with E-state index < -0.39 is 0 Å². The van der Waals surface area contributed by atoms with Gasteiger partial charge in [-0.3, -0.25) is 4.79 Å². The lowest BCUT2D eigenvalue weighted by molar-refractivity contribution is -0.133. The number of hydrogen-bond acceptors (Lipinski definition) is 4. The number of nitrogens with zero attached hydrogens (tertiary/aromatic N) is 1. The van der Waals surface area contributed by atoms with Gasteiger partial charge in [-0.2, -0.15) is 11.8 Å². The monoisotopic (exact) mass is 351 g/mol. The van der Waals surface area contributed by atoms with E-state index in [1.54, 1.807) is 11.8 Å². The Kier molecular flexibility index (Phi) is 8.90. The maximum Gasteiger partial charge on any atom is 0.338 e. The van der Waals surface area contributed by atoms with Gasteiger partial charge >= 0.3 is 5.97 Å². The van der Waals surface area contributed by atoms with E-state index in [0.717, 1.165) is 30.0 Å². The fourth-order valence-electron chi connectivity index (χ4n) is 2.55. The minimum Gasteiger partial charge on any atom is -0.461 e. The van der Waals surface area contributed by atoms with Gasteiger partial charge in [0.15, 0.2) is 0 Å². The molecule has 0 heterocycles. The number of benzene rings is 1. The minimum absolute atomic E-state index is 0.00924. The van der Waals surface area contributed by atoms with Crippen molar-refractivity contribution in [3.63, 3.8) is 0 Å². The number of hydrogen-bond donors (Lipinski definition) is 0. The van der Waals surface area contributed by atoms with Gasteiger partial charge < -0.3 is 9.64 Å². The maximum atomic E-state index is 12.2. The summed E-state index contributed by atoms with van der Waals surface area (Å²) in [6.07, 6.45) is 0. The van der Waals surface area contributed by atoms with E-state index in [1.807, 2.05) is 57.7 Å². The number of rotatable bonds is 9. The Hall–Kier alpha value is -1.49. The van der Waals surface area contributed by atoms with Crippen LogP contribution in [0.4, 0.5) is 0 Å². The van der Waals surface area contributed by atoms with Gasteiger partial charge in [-0.1, -0.05) is 24.1 Å². The highest BCUT2D eigenvalue weighted by molar-refractivity contribution is 7.99. The second-order valence-electron chi connectivity index (χ2n) is 6.00. The zero-order valence-corrected chi connectivity index (χ0v) is 16.2. The van der Waals surface area contributed by atoms with Crippen LogP contribution in [0.1, 0.15) is 42.3 Å². The molecule has 0 aromatic heterocycles. The molecule has 0 saturated carbocycles. The number of aryl methyl sites for hydroxylation is 2. The Morgan fingerprint density at radius 3 is 2.25 bits per heavy atom. The van der Waals surface area contributed by atoms with Gasteiger partial charge in [0, 0.05) is 30.5 Å². The Morgan fingerprint density at radius 2 is 1.71 bits per heavy atom. The normalized spacial score (nSPS) is 11.9. The molecule has 4 nitrogen and oxygen atoms in total. The van der Waals surface area contributed by atoms with Crippen LogP contribution >= 0.6 is 11.8 Å². The van der Waals surface area contributed by atoms with Crippen molar-refractivity contribution in [1.29, 1.82) is 0 Å². The number of ether oxygens (including phenoxy) is 1. The average molecular weight is 352 g/mol. The maximum absolute atomic E-state index is 12.2. The van der Waals surface area contributed by atoms with Gasteiger partial charge in [0.05, 0.1) is 5.56 Å². The lowest BCUT2D eigenvalue weighted by atomic mass is 10.1. The highest BCUT2D eigenvalue weighted by atomic mass is 32.2.